The molecule has 0 bridgehead atoms. The van der Waals surface area contributed by atoms with Crippen molar-refractivity contribution < 1.29 is 9.59 Å². The normalized spacial score (nSPS) is 15.3. The van der Waals surface area contributed by atoms with E-state index in [9.17, 15) is 9.59 Å². The van der Waals surface area contributed by atoms with Crippen LogP contribution in [0, 0.1) is 12.8 Å². The number of hydrogen-bond donors (Lipinski definition) is 1. The molecule has 5 heteroatoms. The monoisotopic (exact) mass is 331 g/mol. The maximum atomic E-state index is 12.4. The van der Waals surface area contributed by atoms with Gasteiger partial charge in [0, 0.05) is 39.1 Å². The number of nitrogens with zero attached hydrogens (tertiary/aromatic N) is 2. The zero-order valence-corrected chi connectivity index (χ0v) is 15.0. The van der Waals surface area contributed by atoms with Crippen molar-refractivity contribution in [2.24, 2.45) is 5.92 Å². The summed E-state index contributed by atoms with van der Waals surface area (Å²) in [5, 5.41) is 2.98. The lowest BCUT2D eigenvalue weighted by Crippen LogP contribution is -2.42. The molecule has 5 nitrogen and oxygen atoms in total. The van der Waals surface area contributed by atoms with Crippen molar-refractivity contribution in [2.45, 2.75) is 40.2 Å². The Morgan fingerprint density at radius 1 is 1.04 bits per heavy atom. The summed E-state index contributed by atoms with van der Waals surface area (Å²) in [4.78, 5) is 28.3. The number of urea groups is 1. The van der Waals surface area contributed by atoms with Gasteiger partial charge in [-0.15, -0.1) is 0 Å². The van der Waals surface area contributed by atoms with Crippen molar-refractivity contribution >= 4 is 11.9 Å². The standard InChI is InChI=1S/C19H29N3O2/c1-15(2)13-18(23)21-9-4-10-22(12-11-21)19(24)20-14-17-7-5-16(3)6-8-17/h5-8,15H,4,9-14H2,1-3H3,(H,20,24). The highest BCUT2D eigenvalue weighted by atomic mass is 16.2. The average Bonchev–Trinajstić information content (AvgIpc) is 2.79. The molecule has 0 radical (unpaired) electrons. The van der Waals surface area contributed by atoms with Gasteiger partial charge in [0.1, 0.15) is 0 Å². The molecule has 0 saturated carbocycles. The molecule has 3 amide bonds. The van der Waals surface area contributed by atoms with Gasteiger partial charge in [-0.25, -0.2) is 4.79 Å². The van der Waals surface area contributed by atoms with Gasteiger partial charge < -0.3 is 15.1 Å². The summed E-state index contributed by atoms with van der Waals surface area (Å²) in [6.07, 6.45) is 1.42. The van der Waals surface area contributed by atoms with Gasteiger partial charge in [-0.05, 0) is 24.8 Å². The number of carbonyl (C=O) groups excluding carboxylic acids is 2. The van der Waals surface area contributed by atoms with Crippen molar-refractivity contribution in [2.75, 3.05) is 26.2 Å². The lowest BCUT2D eigenvalue weighted by molar-refractivity contribution is -0.131. The molecule has 0 atom stereocenters. The van der Waals surface area contributed by atoms with E-state index in [1.165, 1.54) is 5.56 Å². The molecule has 0 spiro atoms. The third-order valence-electron chi connectivity index (χ3n) is 4.28. The van der Waals surface area contributed by atoms with Crippen LogP contribution in [0.15, 0.2) is 24.3 Å². The molecular formula is C19H29N3O2. The SMILES string of the molecule is Cc1ccc(CNC(=O)N2CCCN(C(=O)CC(C)C)CC2)cc1. The fourth-order valence-corrected chi connectivity index (χ4v) is 2.84. The highest BCUT2D eigenvalue weighted by molar-refractivity contribution is 5.77. The molecule has 1 N–H and O–H groups in total. The molecule has 1 aliphatic heterocycles. The molecule has 0 aromatic heterocycles. The predicted octanol–water partition coefficient (Wildman–Crippen LogP) is 2.79. The van der Waals surface area contributed by atoms with E-state index in [2.05, 4.69) is 19.2 Å². The van der Waals surface area contributed by atoms with Gasteiger partial charge in [-0.2, -0.15) is 0 Å². The smallest absolute Gasteiger partial charge is 0.317 e. The van der Waals surface area contributed by atoms with Crippen LogP contribution >= 0.6 is 0 Å². The van der Waals surface area contributed by atoms with Crippen LogP contribution in [0.4, 0.5) is 4.79 Å². The molecule has 1 saturated heterocycles. The van der Waals surface area contributed by atoms with E-state index in [1.54, 1.807) is 0 Å². The second-order valence-corrected chi connectivity index (χ2v) is 6.96. The van der Waals surface area contributed by atoms with E-state index < -0.39 is 0 Å². The molecule has 1 fully saturated rings. The van der Waals surface area contributed by atoms with E-state index in [1.807, 2.05) is 41.0 Å². The first-order chi connectivity index (χ1) is 11.5. The van der Waals surface area contributed by atoms with E-state index in [4.69, 9.17) is 0 Å². The summed E-state index contributed by atoms with van der Waals surface area (Å²) in [5.41, 5.74) is 2.31. The minimum absolute atomic E-state index is 0.0475. The zero-order valence-electron chi connectivity index (χ0n) is 15.0. The summed E-state index contributed by atoms with van der Waals surface area (Å²) in [7, 11) is 0. The van der Waals surface area contributed by atoms with Gasteiger partial charge in [-0.1, -0.05) is 43.7 Å². The summed E-state index contributed by atoms with van der Waals surface area (Å²) in [5.74, 6) is 0.571. The van der Waals surface area contributed by atoms with Crippen LogP contribution in [-0.2, 0) is 11.3 Å². The van der Waals surface area contributed by atoms with E-state index in [-0.39, 0.29) is 11.9 Å². The molecule has 1 aromatic carbocycles. The zero-order chi connectivity index (χ0) is 17.5. The largest absolute Gasteiger partial charge is 0.341 e. The van der Waals surface area contributed by atoms with Crippen molar-refractivity contribution in [1.29, 1.82) is 0 Å². The lowest BCUT2D eigenvalue weighted by atomic mass is 10.1. The van der Waals surface area contributed by atoms with Crippen molar-refractivity contribution in [3.05, 3.63) is 35.4 Å². The van der Waals surface area contributed by atoms with Crippen molar-refractivity contribution in [3.8, 4) is 0 Å². The Bertz CT molecular complexity index is 554. The van der Waals surface area contributed by atoms with Gasteiger partial charge in [-0.3, -0.25) is 4.79 Å². The summed E-state index contributed by atoms with van der Waals surface area (Å²) in [6, 6.07) is 8.11. The van der Waals surface area contributed by atoms with Crippen LogP contribution in [0.2, 0.25) is 0 Å². The summed E-state index contributed by atoms with van der Waals surface area (Å²) < 4.78 is 0. The maximum absolute atomic E-state index is 12.4. The number of aryl methyl sites for hydroxylation is 1. The van der Waals surface area contributed by atoms with Gasteiger partial charge in [0.15, 0.2) is 0 Å². The molecule has 132 valence electrons. The second kappa shape index (κ2) is 8.71. The van der Waals surface area contributed by atoms with Gasteiger partial charge in [0.2, 0.25) is 5.91 Å². The Kier molecular flexibility index (Phi) is 6.64. The number of rotatable bonds is 4. The fraction of sp³-hybridized carbons (Fsp3) is 0.579. The molecule has 1 aromatic rings. The summed E-state index contributed by atoms with van der Waals surface area (Å²) in [6.45, 7) is 9.37. The fourth-order valence-electron chi connectivity index (χ4n) is 2.84. The Morgan fingerprint density at radius 3 is 2.33 bits per heavy atom. The molecule has 1 heterocycles. The Morgan fingerprint density at radius 2 is 1.67 bits per heavy atom. The van der Waals surface area contributed by atoms with E-state index in [0.29, 0.717) is 38.5 Å². The van der Waals surface area contributed by atoms with Crippen LogP contribution in [0.3, 0.4) is 0 Å². The van der Waals surface area contributed by atoms with Crippen LogP contribution in [0.1, 0.15) is 37.8 Å². The third kappa shape index (κ3) is 5.55. The first kappa shape index (κ1) is 18.3. The highest BCUT2D eigenvalue weighted by Gasteiger charge is 2.22. The second-order valence-electron chi connectivity index (χ2n) is 6.96. The molecule has 2 rings (SSSR count). The minimum Gasteiger partial charge on any atom is -0.341 e. The Labute approximate surface area is 145 Å². The van der Waals surface area contributed by atoms with Gasteiger partial charge >= 0.3 is 6.03 Å². The van der Waals surface area contributed by atoms with Crippen LogP contribution in [0.5, 0.6) is 0 Å². The number of carbonyl (C=O) groups is 2. The molecule has 0 unspecified atom stereocenters. The first-order valence-electron chi connectivity index (χ1n) is 8.82. The quantitative estimate of drug-likeness (QED) is 0.922. The summed E-state index contributed by atoms with van der Waals surface area (Å²) >= 11 is 0. The third-order valence-corrected chi connectivity index (χ3v) is 4.28. The topological polar surface area (TPSA) is 52.7 Å². The maximum Gasteiger partial charge on any atom is 0.317 e. The molecule has 0 aliphatic carbocycles. The molecule has 1 aliphatic rings. The average molecular weight is 331 g/mol. The van der Waals surface area contributed by atoms with Crippen molar-refractivity contribution in [1.82, 2.24) is 15.1 Å². The Hall–Kier alpha value is -2.04. The number of hydrogen-bond acceptors (Lipinski definition) is 2. The molecular weight excluding hydrogens is 302 g/mol. The predicted molar refractivity (Wildman–Crippen MR) is 95.6 cm³/mol. The van der Waals surface area contributed by atoms with E-state index in [0.717, 1.165) is 18.5 Å². The molecule has 24 heavy (non-hydrogen) atoms. The Balaban J connectivity index is 1.81. The number of nitrogens with one attached hydrogen (secondary N) is 1. The van der Waals surface area contributed by atoms with E-state index >= 15 is 0 Å². The van der Waals surface area contributed by atoms with Crippen molar-refractivity contribution in [3.63, 3.8) is 0 Å². The van der Waals surface area contributed by atoms with Gasteiger partial charge in [0.05, 0.1) is 0 Å². The first-order valence-corrected chi connectivity index (χ1v) is 8.82. The van der Waals surface area contributed by atoms with Crippen LogP contribution in [-0.4, -0.2) is 47.9 Å². The van der Waals surface area contributed by atoms with Crippen LogP contribution < -0.4 is 5.32 Å². The number of benzene rings is 1. The van der Waals surface area contributed by atoms with Gasteiger partial charge in [0.25, 0.3) is 0 Å². The lowest BCUT2D eigenvalue weighted by Gasteiger charge is -2.23. The highest BCUT2D eigenvalue weighted by Crippen LogP contribution is 2.09. The number of amides is 3. The van der Waals surface area contributed by atoms with Crippen LogP contribution in [0.25, 0.3) is 0 Å². The minimum atomic E-state index is -0.0475.